The summed E-state index contributed by atoms with van der Waals surface area (Å²) in [6.07, 6.45) is 6.87. The van der Waals surface area contributed by atoms with Crippen molar-refractivity contribution in [2.75, 3.05) is 18.1 Å². The summed E-state index contributed by atoms with van der Waals surface area (Å²) >= 11 is 2.00. The Hall–Kier alpha value is -0.410. The normalized spacial score (nSPS) is 12.9. The van der Waals surface area contributed by atoms with Gasteiger partial charge in [0.1, 0.15) is 0 Å². The molecule has 1 aromatic rings. The first kappa shape index (κ1) is 14.7. The second kappa shape index (κ2) is 8.65. The Kier molecular flexibility index (Phi) is 7.45. The van der Waals surface area contributed by atoms with Crippen LogP contribution in [0.1, 0.15) is 45.2 Å². The van der Waals surface area contributed by atoms with Crippen molar-refractivity contribution in [3.05, 3.63) is 24.0 Å². The molecule has 0 radical (unpaired) electrons. The highest BCUT2D eigenvalue weighted by Gasteiger charge is 2.09. The molecule has 0 saturated heterocycles. The second-order valence-corrected chi connectivity index (χ2v) is 5.69. The van der Waals surface area contributed by atoms with Crippen LogP contribution in [0.3, 0.4) is 0 Å². The molecular weight excluding hydrogens is 228 g/mol. The number of thioether (sulfide) groups is 1. The fourth-order valence-electron chi connectivity index (χ4n) is 1.94. The van der Waals surface area contributed by atoms with Gasteiger partial charge in [-0.15, -0.1) is 0 Å². The number of nitrogens with zero attached hydrogens (tertiary/aromatic N) is 1. The molecule has 0 aliphatic carbocycles. The predicted octanol–water partition coefficient (Wildman–Crippen LogP) is 3.69. The van der Waals surface area contributed by atoms with Crippen molar-refractivity contribution in [3.63, 3.8) is 0 Å². The Labute approximate surface area is 110 Å². The molecule has 98 valence electrons. The molecule has 0 aliphatic heterocycles. The molecule has 17 heavy (non-hydrogen) atoms. The van der Waals surface area contributed by atoms with E-state index in [0.717, 1.165) is 19.5 Å². The lowest BCUT2D eigenvalue weighted by atomic mass is 10.1. The Bertz CT molecular complexity index is 296. The first-order valence-electron chi connectivity index (χ1n) is 6.78. The molecule has 1 aromatic heterocycles. The summed E-state index contributed by atoms with van der Waals surface area (Å²) in [7, 11) is 0. The SMILES string of the molecule is CCCNC(CC)c1ccn(CCSCC)c1. The van der Waals surface area contributed by atoms with Gasteiger partial charge in [0.15, 0.2) is 0 Å². The molecule has 2 nitrogen and oxygen atoms in total. The van der Waals surface area contributed by atoms with E-state index in [0.29, 0.717) is 6.04 Å². The van der Waals surface area contributed by atoms with Crippen molar-refractivity contribution in [1.82, 2.24) is 9.88 Å². The highest BCUT2D eigenvalue weighted by molar-refractivity contribution is 7.99. The van der Waals surface area contributed by atoms with Crippen molar-refractivity contribution >= 4 is 11.8 Å². The van der Waals surface area contributed by atoms with E-state index in [1.807, 2.05) is 11.8 Å². The zero-order chi connectivity index (χ0) is 12.5. The van der Waals surface area contributed by atoms with Gasteiger partial charge in [-0.1, -0.05) is 20.8 Å². The smallest absolute Gasteiger partial charge is 0.0332 e. The average molecular weight is 254 g/mol. The zero-order valence-electron chi connectivity index (χ0n) is 11.4. The van der Waals surface area contributed by atoms with Gasteiger partial charge in [0.25, 0.3) is 0 Å². The lowest BCUT2D eigenvalue weighted by molar-refractivity contribution is 0.517. The Balaban J connectivity index is 2.46. The molecule has 0 aromatic carbocycles. The van der Waals surface area contributed by atoms with E-state index >= 15 is 0 Å². The van der Waals surface area contributed by atoms with Crippen molar-refractivity contribution in [3.8, 4) is 0 Å². The van der Waals surface area contributed by atoms with E-state index in [4.69, 9.17) is 0 Å². The third-order valence-electron chi connectivity index (χ3n) is 2.92. The lowest BCUT2D eigenvalue weighted by Crippen LogP contribution is -2.21. The van der Waals surface area contributed by atoms with E-state index in [1.54, 1.807) is 0 Å². The quantitative estimate of drug-likeness (QED) is 0.677. The summed E-state index contributed by atoms with van der Waals surface area (Å²) in [6.45, 7) is 8.91. The van der Waals surface area contributed by atoms with Crippen LogP contribution in [0.25, 0.3) is 0 Å². The minimum atomic E-state index is 0.523. The third-order valence-corrected chi connectivity index (χ3v) is 3.80. The highest BCUT2D eigenvalue weighted by atomic mass is 32.2. The van der Waals surface area contributed by atoms with Gasteiger partial charge in [0.2, 0.25) is 0 Å². The van der Waals surface area contributed by atoms with Crippen LogP contribution in [0.15, 0.2) is 18.5 Å². The van der Waals surface area contributed by atoms with Gasteiger partial charge in [-0.3, -0.25) is 0 Å². The van der Waals surface area contributed by atoms with Gasteiger partial charge in [0, 0.05) is 30.7 Å². The second-order valence-electron chi connectivity index (χ2n) is 4.29. The standard InChI is InChI=1S/C14H26N2S/c1-4-8-15-14(5-2)13-7-9-16(12-13)10-11-17-6-3/h7,9,12,14-15H,4-6,8,10-11H2,1-3H3. The first-order valence-corrected chi connectivity index (χ1v) is 7.94. The first-order chi connectivity index (χ1) is 8.31. The maximum absolute atomic E-state index is 3.60. The van der Waals surface area contributed by atoms with Crippen molar-refractivity contribution in [2.45, 2.75) is 46.2 Å². The number of hydrogen-bond acceptors (Lipinski definition) is 2. The van der Waals surface area contributed by atoms with Gasteiger partial charge in [-0.2, -0.15) is 11.8 Å². The van der Waals surface area contributed by atoms with Crippen LogP contribution in [0.2, 0.25) is 0 Å². The zero-order valence-corrected chi connectivity index (χ0v) is 12.2. The van der Waals surface area contributed by atoms with Gasteiger partial charge in [-0.25, -0.2) is 0 Å². The predicted molar refractivity (Wildman–Crippen MR) is 78.8 cm³/mol. The van der Waals surface area contributed by atoms with Crippen LogP contribution >= 0.6 is 11.8 Å². The van der Waals surface area contributed by atoms with E-state index in [-0.39, 0.29) is 0 Å². The number of aromatic nitrogens is 1. The maximum atomic E-state index is 3.60. The van der Waals surface area contributed by atoms with Gasteiger partial charge >= 0.3 is 0 Å². The maximum Gasteiger partial charge on any atom is 0.0332 e. The summed E-state index contributed by atoms with van der Waals surface area (Å²) in [5, 5.41) is 3.60. The molecule has 0 aliphatic rings. The largest absolute Gasteiger partial charge is 0.353 e. The number of aryl methyl sites for hydroxylation is 1. The minimum Gasteiger partial charge on any atom is -0.353 e. The fourth-order valence-corrected chi connectivity index (χ4v) is 2.56. The summed E-state index contributed by atoms with van der Waals surface area (Å²) in [4.78, 5) is 0. The summed E-state index contributed by atoms with van der Waals surface area (Å²) in [5.74, 6) is 2.42. The summed E-state index contributed by atoms with van der Waals surface area (Å²) < 4.78 is 2.31. The van der Waals surface area contributed by atoms with Crippen LogP contribution < -0.4 is 5.32 Å². The molecule has 0 fully saturated rings. The lowest BCUT2D eigenvalue weighted by Gasteiger charge is -2.15. The average Bonchev–Trinajstić information content (AvgIpc) is 2.79. The summed E-state index contributed by atoms with van der Waals surface area (Å²) in [5.41, 5.74) is 1.43. The molecule has 1 N–H and O–H groups in total. The molecule has 3 heteroatoms. The van der Waals surface area contributed by atoms with Crippen LogP contribution in [-0.4, -0.2) is 22.6 Å². The Morgan fingerprint density at radius 1 is 1.35 bits per heavy atom. The van der Waals surface area contributed by atoms with E-state index in [9.17, 15) is 0 Å². The van der Waals surface area contributed by atoms with Crippen molar-refractivity contribution in [1.29, 1.82) is 0 Å². The molecule has 1 heterocycles. The molecule has 0 spiro atoms. The van der Waals surface area contributed by atoms with Gasteiger partial charge in [-0.05, 0) is 36.8 Å². The molecule has 0 bridgehead atoms. The number of nitrogens with one attached hydrogen (secondary N) is 1. The van der Waals surface area contributed by atoms with Gasteiger partial charge < -0.3 is 9.88 Å². The molecule has 0 saturated carbocycles. The van der Waals surface area contributed by atoms with Crippen LogP contribution in [0.5, 0.6) is 0 Å². The van der Waals surface area contributed by atoms with Crippen molar-refractivity contribution in [2.24, 2.45) is 0 Å². The van der Waals surface area contributed by atoms with Crippen LogP contribution in [0, 0.1) is 0 Å². The van der Waals surface area contributed by atoms with Crippen LogP contribution in [0.4, 0.5) is 0 Å². The van der Waals surface area contributed by atoms with E-state index in [2.05, 4.69) is 49.1 Å². The third kappa shape index (κ3) is 5.17. The topological polar surface area (TPSA) is 17.0 Å². The monoisotopic (exact) mass is 254 g/mol. The van der Waals surface area contributed by atoms with Crippen molar-refractivity contribution < 1.29 is 0 Å². The highest BCUT2D eigenvalue weighted by Crippen LogP contribution is 2.17. The molecular formula is C14H26N2S. The minimum absolute atomic E-state index is 0.523. The number of hydrogen-bond donors (Lipinski definition) is 1. The van der Waals surface area contributed by atoms with E-state index < -0.39 is 0 Å². The van der Waals surface area contributed by atoms with Crippen LogP contribution in [-0.2, 0) is 6.54 Å². The number of rotatable bonds is 9. The molecule has 0 amide bonds. The van der Waals surface area contributed by atoms with E-state index in [1.165, 1.54) is 23.5 Å². The molecule has 1 atom stereocenters. The summed E-state index contributed by atoms with van der Waals surface area (Å²) in [6, 6.07) is 2.78. The Morgan fingerprint density at radius 2 is 2.18 bits per heavy atom. The molecule has 1 unspecified atom stereocenters. The fraction of sp³-hybridized carbons (Fsp3) is 0.714. The van der Waals surface area contributed by atoms with Gasteiger partial charge in [0.05, 0.1) is 0 Å². The molecule has 1 rings (SSSR count). The Morgan fingerprint density at radius 3 is 2.82 bits per heavy atom.